The summed E-state index contributed by atoms with van der Waals surface area (Å²) in [5.74, 6) is -0.500. The zero-order valence-electron chi connectivity index (χ0n) is 6.12. The number of carbonyl (C=O) groups is 1. The van der Waals surface area contributed by atoms with E-state index in [1.807, 2.05) is 0 Å². The molecule has 0 saturated carbocycles. The molecule has 0 atom stereocenters. The Morgan fingerprint density at radius 3 is 3.08 bits per heavy atom. The van der Waals surface area contributed by atoms with Gasteiger partial charge in [0, 0.05) is 6.20 Å². The molecule has 0 aromatic carbocycles. The van der Waals surface area contributed by atoms with Crippen LogP contribution in [0.1, 0.15) is 0 Å². The molecule has 1 rings (SSSR count). The predicted octanol–water partition coefficient (Wildman–Crippen LogP) is 0.964. The summed E-state index contributed by atoms with van der Waals surface area (Å²) in [6, 6.07) is 2.99. The molecule has 0 spiro atoms. The Bertz CT molecular complexity index is 290. The Balaban J connectivity index is 2.75. The molecule has 4 nitrogen and oxygen atoms in total. The Morgan fingerprint density at radius 1 is 1.75 bits per heavy atom. The minimum Gasteiger partial charge on any atom is -0.504 e. The molecule has 0 aliphatic heterocycles. The van der Waals surface area contributed by atoms with Gasteiger partial charge in [-0.05, 0) is 12.1 Å². The summed E-state index contributed by atoms with van der Waals surface area (Å²) in [6.07, 6.45) is 1.46. The normalized spacial score (nSPS) is 9.42. The first-order chi connectivity index (χ1) is 5.74. The molecule has 0 radical (unpaired) electrons. The molecule has 1 aromatic heterocycles. The van der Waals surface area contributed by atoms with Crippen LogP contribution >= 0.6 is 11.6 Å². The van der Waals surface area contributed by atoms with Gasteiger partial charge in [0.1, 0.15) is 5.88 Å². The summed E-state index contributed by atoms with van der Waals surface area (Å²) in [6.45, 7) is 0. The van der Waals surface area contributed by atoms with Crippen LogP contribution in [0.2, 0.25) is 0 Å². The SMILES string of the molecule is O=C(CCl)Nc1ncccc1O. The van der Waals surface area contributed by atoms with Crippen molar-refractivity contribution in [3.63, 3.8) is 0 Å². The minimum atomic E-state index is -0.398. The highest BCUT2D eigenvalue weighted by Crippen LogP contribution is 2.17. The van der Waals surface area contributed by atoms with Crippen LogP contribution in [0.3, 0.4) is 0 Å². The third kappa shape index (κ3) is 2.10. The molecule has 0 fully saturated rings. The first-order valence-corrected chi connectivity index (χ1v) is 3.77. The van der Waals surface area contributed by atoms with Crippen LogP contribution < -0.4 is 5.32 Å². The summed E-state index contributed by atoms with van der Waals surface area (Å²) in [5.41, 5.74) is 0. The summed E-state index contributed by atoms with van der Waals surface area (Å²) in [7, 11) is 0. The Morgan fingerprint density at radius 2 is 2.50 bits per heavy atom. The van der Waals surface area contributed by atoms with E-state index in [-0.39, 0.29) is 17.4 Å². The Kier molecular flexibility index (Phi) is 2.88. The van der Waals surface area contributed by atoms with E-state index in [0.717, 1.165) is 0 Å². The smallest absolute Gasteiger partial charge is 0.240 e. The molecular weight excluding hydrogens is 180 g/mol. The van der Waals surface area contributed by atoms with E-state index in [9.17, 15) is 4.79 Å². The largest absolute Gasteiger partial charge is 0.504 e. The van der Waals surface area contributed by atoms with Gasteiger partial charge in [-0.1, -0.05) is 0 Å². The number of hydrogen-bond acceptors (Lipinski definition) is 3. The molecule has 2 N–H and O–H groups in total. The second-order valence-electron chi connectivity index (χ2n) is 2.05. The molecule has 1 aromatic rings. The number of anilines is 1. The summed E-state index contributed by atoms with van der Waals surface area (Å²) < 4.78 is 0. The van der Waals surface area contributed by atoms with Crippen molar-refractivity contribution in [2.45, 2.75) is 0 Å². The monoisotopic (exact) mass is 186 g/mol. The fourth-order valence-corrected chi connectivity index (χ4v) is 0.725. The second-order valence-corrected chi connectivity index (χ2v) is 2.32. The van der Waals surface area contributed by atoms with E-state index in [1.54, 1.807) is 6.07 Å². The van der Waals surface area contributed by atoms with Crippen LogP contribution in [-0.4, -0.2) is 21.9 Å². The molecule has 0 aliphatic carbocycles. The van der Waals surface area contributed by atoms with Crippen molar-refractivity contribution in [3.05, 3.63) is 18.3 Å². The number of carbonyl (C=O) groups excluding carboxylic acids is 1. The minimum absolute atomic E-state index is 0.0732. The number of halogens is 1. The van der Waals surface area contributed by atoms with Crippen molar-refractivity contribution >= 4 is 23.3 Å². The zero-order chi connectivity index (χ0) is 8.97. The van der Waals surface area contributed by atoms with E-state index in [2.05, 4.69) is 10.3 Å². The van der Waals surface area contributed by atoms with Gasteiger partial charge in [-0.25, -0.2) is 4.98 Å². The molecule has 64 valence electrons. The molecule has 12 heavy (non-hydrogen) atoms. The Labute approximate surface area is 74.2 Å². The lowest BCUT2D eigenvalue weighted by molar-refractivity contribution is -0.114. The molecule has 0 saturated heterocycles. The lowest BCUT2D eigenvalue weighted by Gasteiger charge is -2.02. The van der Waals surface area contributed by atoms with Crippen molar-refractivity contribution in [1.29, 1.82) is 0 Å². The molecule has 0 aliphatic rings. The van der Waals surface area contributed by atoms with Gasteiger partial charge in [-0.2, -0.15) is 0 Å². The molecule has 1 heterocycles. The average Bonchev–Trinajstić information content (AvgIpc) is 2.09. The van der Waals surface area contributed by atoms with Gasteiger partial charge in [-0.15, -0.1) is 11.6 Å². The summed E-state index contributed by atoms with van der Waals surface area (Å²) in [4.78, 5) is 14.5. The van der Waals surface area contributed by atoms with Crippen LogP contribution in [0.4, 0.5) is 5.82 Å². The highest BCUT2D eigenvalue weighted by atomic mass is 35.5. The molecular formula is C7H7ClN2O2. The van der Waals surface area contributed by atoms with Crippen molar-refractivity contribution in [3.8, 4) is 5.75 Å². The van der Waals surface area contributed by atoms with Crippen LogP contribution in [0.15, 0.2) is 18.3 Å². The fraction of sp³-hybridized carbons (Fsp3) is 0.143. The molecule has 1 amide bonds. The van der Waals surface area contributed by atoms with Crippen molar-refractivity contribution in [1.82, 2.24) is 4.98 Å². The van der Waals surface area contributed by atoms with Gasteiger partial charge < -0.3 is 10.4 Å². The third-order valence-electron chi connectivity index (χ3n) is 1.17. The highest BCUT2D eigenvalue weighted by Gasteiger charge is 2.04. The number of pyridine rings is 1. The first-order valence-electron chi connectivity index (χ1n) is 3.24. The number of aromatic nitrogens is 1. The predicted molar refractivity (Wildman–Crippen MR) is 45.3 cm³/mol. The molecule has 5 heteroatoms. The molecule has 0 bridgehead atoms. The average molecular weight is 187 g/mol. The van der Waals surface area contributed by atoms with Gasteiger partial charge in [0.2, 0.25) is 5.91 Å². The topological polar surface area (TPSA) is 62.2 Å². The standard InChI is InChI=1S/C7H7ClN2O2/c8-4-6(12)10-7-5(11)2-1-3-9-7/h1-3,11H,4H2,(H,9,10,12). The summed E-state index contributed by atoms with van der Waals surface area (Å²) >= 11 is 5.23. The summed E-state index contributed by atoms with van der Waals surface area (Å²) in [5, 5.41) is 11.5. The van der Waals surface area contributed by atoms with Gasteiger partial charge in [0.05, 0.1) is 0 Å². The van der Waals surface area contributed by atoms with E-state index in [1.165, 1.54) is 12.3 Å². The lowest BCUT2D eigenvalue weighted by Crippen LogP contribution is -2.13. The van der Waals surface area contributed by atoms with Gasteiger partial charge in [0.25, 0.3) is 0 Å². The number of alkyl halides is 1. The van der Waals surface area contributed by atoms with E-state index in [0.29, 0.717) is 0 Å². The lowest BCUT2D eigenvalue weighted by atomic mass is 10.4. The zero-order valence-corrected chi connectivity index (χ0v) is 6.88. The quantitative estimate of drug-likeness (QED) is 0.677. The second kappa shape index (κ2) is 3.92. The number of nitrogens with zero attached hydrogens (tertiary/aromatic N) is 1. The van der Waals surface area contributed by atoms with Crippen LogP contribution in [0.5, 0.6) is 5.75 Å². The maximum Gasteiger partial charge on any atom is 0.240 e. The fourth-order valence-electron chi connectivity index (χ4n) is 0.659. The van der Waals surface area contributed by atoms with Gasteiger partial charge in [-0.3, -0.25) is 4.79 Å². The van der Waals surface area contributed by atoms with Crippen molar-refractivity contribution in [2.75, 3.05) is 11.2 Å². The maximum atomic E-state index is 10.7. The highest BCUT2D eigenvalue weighted by molar-refractivity contribution is 6.29. The Hall–Kier alpha value is -1.29. The molecule has 0 unspecified atom stereocenters. The van der Waals surface area contributed by atoms with Crippen LogP contribution in [0, 0.1) is 0 Å². The van der Waals surface area contributed by atoms with Crippen LogP contribution in [-0.2, 0) is 4.79 Å². The van der Waals surface area contributed by atoms with E-state index in [4.69, 9.17) is 16.7 Å². The number of aromatic hydroxyl groups is 1. The van der Waals surface area contributed by atoms with Gasteiger partial charge in [0.15, 0.2) is 11.6 Å². The van der Waals surface area contributed by atoms with E-state index >= 15 is 0 Å². The first kappa shape index (κ1) is 8.80. The number of rotatable bonds is 2. The third-order valence-corrected chi connectivity index (χ3v) is 1.41. The maximum absolute atomic E-state index is 10.7. The van der Waals surface area contributed by atoms with E-state index < -0.39 is 5.91 Å². The van der Waals surface area contributed by atoms with Crippen molar-refractivity contribution in [2.24, 2.45) is 0 Å². The van der Waals surface area contributed by atoms with Gasteiger partial charge >= 0.3 is 0 Å². The number of hydrogen-bond donors (Lipinski definition) is 2. The van der Waals surface area contributed by atoms with Crippen molar-refractivity contribution < 1.29 is 9.90 Å². The number of amides is 1. The number of nitrogens with one attached hydrogen (secondary N) is 1. The van der Waals surface area contributed by atoms with Crippen LogP contribution in [0.25, 0.3) is 0 Å².